The van der Waals surface area contributed by atoms with E-state index in [2.05, 4.69) is 0 Å². The first-order chi connectivity index (χ1) is 19.8. The van der Waals surface area contributed by atoms with Gasteiger partial charge in [-0.1, -0.05) is 67.6 Å². The Bertz CT molecular complexity index is 1370. The molecule has 3 aromatic rings. The van der Waals surface area contributed by atoms with Crippen LogP contribution in [0.1, 0.15) is 37.3 Å². The number of carbonyl (C=O) groups is 2. The molecule has 1 saturated heterocycles. The normalized spacial score (nSPS) is 14.2. The molecule has 0 N–H and O–H groups in total. The predicted octanol–water partition coefficient (Wildman–Crippen LogP) is 4.36. The number of rotatable bonds is 12. The van der Waals surface area contributed by atoms with E-state index in [1.165, 1.54) is 4.31 Å². The van der Waals surface area contributed by atoms with Gasteiger partial charge in [-0.2, -0.15) is 4.31 Å². The highest BCUT2D eigenvalue weighted by Gasteiger charge is 2.33. The Hall–Kier alpha value is -3.69. The molecule has 1 aliphatic heterocycles. The van der Waals surface area contributed by atoms with Crippen LogP contribution in [0.2, 0.25) is 0 Å². The van der Waals surface area contributed by atoms with E-state index in [4.69, 9.17) is 4.74 Å². The Kier molecular flexibility index (Phi) is 10.5. The zero-order chi connectivity index (χ0) is 29.2. The van der Waals surface area contributed by atoms with Gasteiger partial charge in [0, 0.05) is 32.2 Å². The standard InChI is InChI=1S/C32H39N3O5S/c1-3-20-34(41(38,39)30-12-8-5-9-13-30)25-32(37)35(24-27-10-6-4-7-11-27)28-18-21-33(22-19-28)31(36)23-26-14-16-29(40-2)17-15-26/h4-17,28H,3,18-25H2,1-2H3. The monoisotopic (exact) mass is 577 g/mol. The Labute approximate surface area is 243 Å². The summed E-state index contributed by atoms with van der Waals surface area (Å²) < 4.78 is 33.3. The fraction of sp³-hybridized carbons (Fsp3) is 0.375. The number of sulfonamides is 1. The third-order valence-electron chi connectivity index (χ3n) is 7.45. The quantitative estimate of drug-likeness (QED) is 0.319. The number of likely N-dealkylation sites (tertiary alicyclic amines) is 1. The van der Waals surface area contributed by atoms with Gasteiger partial charge in [0.1, 0.15) is 5.75 Å². The second kappa shape index (κ2) is 14.3. The molecule has 8 nitrogen and oxygen atoms in total. The summed E-state index contributed by atoms with van der Waals surface area (Å²) in [6.45, 7) is 3.39. The Morgan fingerprint density at radius 3 is 2.07 bits per heavy atom. The van der Waals surface area contributed by atoms with Crippen LogP contribution in [0.4, 0.5) is 0 Å². The Morgan fingerprint density at radius 2 is 1.49 bits per heavy atom. The van der Waals surface area contributed by atoms with Crippen molar-refractivity contribution in [3.8, 4) is 5.75 Å². The van der Waals surface area contributed by atoms with Crippen molar-refractivity contribution in [2.75, 3.05) is 33.3 Å². The number of piperidine rings is 1. The molecule has 218 valence electrons. The molecule has 41 heavy (non-hydrogen) atoms. The second-order valence-electron chi connectivity index (χ2n) is 10.3. The van der Waals surface area contributed by atoms with Gasteiger partial charge in [-0.25, -0.2) is 8.42 Å². The van der Waals surface area contributed by atoms with E-state index in [0.717, 1.165) is 16.9 Å². The van der Waals surface area contributed by atoms with E-state index in [1.54, 1.807) is 37.4 Å². The van der Waals surface area contributed by atoms with Gasteiger partial charge in [-0.3, -0.25) is 9.59 Å². The lowest BCUT2D eigenvalue weighted by Crippen LogP contribution is -2.51. The number of methoxy groups -OCH3 is 1. The van der Waals surface area contributed by atoms with Crippen LogP contribution in [0, 0.1) is 0 Å². The fourth-order valence-corrected chi connectivity index (χ4v) is 6.68. The molecule has 4 rings (SSSR count). The number of amides is 2. The molecular weight excluding hydrogens is 538 g/mol. The van der Waals surface area contributed by atoms with Crippen LogP contribution in [0.15, 0.2) is 89.8 Å². The molecule has 0 bridgehead atoms. The summed E-state index contributed by atoms with van der Waals surface area (Å²) in [5.74, 6) is 0.571. The van der Waals surface area contributed by atoms with Crippen molar-refractivity contribution in [1.82, 2.24) is 14.1 Å². The smallest absolute Gasteiger partial charge is 0.243 e. The first-order valence-corrected chi connectivity index (χ1v) is 15.5. The van der Waals surface area contributed by atoms with Crippen molar-refractivity contribution in [1.29, 1.82) is 0 Å². The zero-order valence-corrected chi connectivity index (χ0v) is 24.6. The van der Waals surface area contributed by atoms with E-state index in [-0.39, 0.29) is 35.8 Å². The molecule has 3 aromatic carbocycles. The summed E-state index contributed by atoms with van der Waals surface area (Å²) in [7, 11) is -2.21. The summed E-state index contributed by atoms with van der Waals surface area (Å²) in [4.78, 5) is 30.7. The van der Waals surface area contributed by atoms with E-state index in [1.807, 2.05) is 71.3 Å². The van der Waals surface area contributed by atoms with Crippen LogP contribution >= 0.6 is 0 Å². The lowest BCUT2D eigenvalue weighted by molar-refractivity contribution is -0.137. The topological polar surface area (TPSA) is 87.2 Å². The van der Waals surface area contributed by atoms with E-state index in [0.29, 0.717) is 45.3 Å². The molecular formula is C32H39N3O5S. The van der Waals surface area contributed by atoms with Crippen LogP contribution in [-0.4, -0.2) is 73.7 Å². The lowest BCUT2D eigenvalue weighted by atomic mass is 10.0. The van der Waals surface area contributed by atoms with E-state index in [9.17, 15) is 18.0 Å². The third kappa shape index (κ3) is 7.95. The SMILES string of the molecule is CCCN(CC(=O)N(Cc1ccccc1)C1CCN(C(=O)Cc2ccc(OC)cc2)CC1)S(=O)(=O)c1ccccc1. The van der Waals surface area contributed by atoms with Crippen molar-refractivity contribution in [2.45, 2.75) is 50.1 Å². The highest BCUT2D eigenvalue weighted by Crippen LogP contribution is 2.23. The van der Waals surface area contributed by atoms with Crippen LogP contribution in [0.25, 0.3) is 0 Å². The van der Waals surface area contributed by atoms with Gasteiger partial charge >= 0.3 is 0 Å². The molecule has 9 heteroatoms. The van der Waals surface area contributed by atoms with Crippen LogP contribution < -0.4 is 4.74 Å². The van der Waals surface area contributed by atoms with Crippen molar-refractivity contribution >= 4 is 21.8 Å². The molecule has 0 radical (unpaired) electrons. The van der Waals surface area contributed by atoms with Crippen molar-refractivity contribution in [3.05, 3.63) is 96.1 Å². The number of hydrogen-bond acceptors (Lipinski definition) is 5. The highest BCUT2D eigenvalue weighted by molar-refractivity contribution is 7.89. The van der Waals surface area contributed by atoms with Gasteiger partial charge in [-0.05, 0) is 54.7 Å². The van der Waals surface area contributed by atoms with Gasteiger partial charge in [0.2, 0.25) is 21.8 Å². The molecule has 0 saturated carbocycles. The Balaban J connectivity index is 1.46. The fourth-order valence-electron chi connectivity index (χ4n) is 5.17. The maximum atomic E-state index is 13.8. The second-order valence-corrected chi connectivity index (χ2v) is 12.2. The van der Waals surface area contributed by atoms with Crippen molar-refractivity contribution in [3.63, 3.8) is 0 Å². The van der Waals surface area contributed by atoms with E-state index < -0.39 is 10.0 Å². The molecule has 0 aliphatic carbocycles. The summed E-state index contributed by atoms with van der Waals surface area (Å²) in [6, 6.07) is 25.4. The van der Waals surface area contributed by atoms with Gasteiger partial charge in [0.05, 0.1) is 25.0 Å². The molecule has 2 amide bonds. The first kappa shape index (κ1) is 30.3. The number of hydrogen-bond donors (Lipinski definition) is 0. The zero-order valence-electron chi connectivity index (χ0n) is 23.8. The average Bonchev–Trinajstić information content (AvgIpc) is 3.01. The first-order valence-electron chi connectivity index (χ1n) is 14.1. The van der Waals surface area contributed by atoms with E-state index >= 15 is 0 Å². The molecule has 0 aromatic heterocycles. The van der Waals surface area contributed by atoms with Crippen molar-refractivity contribution < 1.29 is 22.7 Å². The molecule has 1 aliphatic rings. The van der Waals surface area contributed by atoms with Gasteiger partial charge in [-0.15, -0.1) is 0 Å². The van der Waals surface area contributed by atoms with Gasteiger partial charge < -0.3 is 14.5 Å². The average molecular weight is 578 g/mol. The minimum atomic E-state index is -3.82. The maximum Gasteiger partial charge on any atom is 0.243 e. The maximum absolute atomic E-state index is 13.8. The van der Waals surface area contributed by atoms with Crippen LogP contribution in [0.3, 0.4) is 0 Å². The minimum absolute atomic E-state index is 0.0534. The third-order valence-corrected chi connectivity index (χ3v) is 9.31. The molecule has 0 unspecified atom stereocenters. The molecule has 1 fully saturated rings. The number of benzene rings is 3. The Morgan fingerprint density at radius 1 is 0.878 bits per heavy atom. The lowest BCUT2D eigenvalue weighted by Gasteiger charge is -2.39. The van der Waals surface area contributed by atoms with Gasteiger partial charge in [0.15, 0.2) is 0 Å². The summed E-state index contributed by atoms with van der Waals surface area (Å²) >= 11 is 0. The number of carbonyl (C=O) groups excluding carboxylic acids is 2. The molecule has 0 atom stereocenters. The molecule has 1 heterocycles. The molecule has 0 spiro atoms. The number of nitrogens with zero attached hydrogens (tertiary/aromatic N) is 3. The summed E-state index contributed by atoms with van der Waals surface area (Å²) in [5, 5.41) is 0. The van der Waals surface area contributed by atoms with Crippen LogP contribution in [0.5, 0.6) is 5.75 Å². The predicted molar refractivity (Wildman–Crippen MR) is 159 cm³/mol. The largest absolute Gasteiger partial charge is 0.497 e. The van der Waals surface area contributed by atoms with Crippen molar-refractivity contribution in [2.24, 2.45) is 0 Å². The van der Waals surface area contributed by atoms with Gasteiger partial charge in [0.25, 0.3) is 0 Å². The summed E-state index contributed by atoms with van der Waals surface area (Å²) in [6.07, 6.45) is 2.16. The highest BCUT2D eigenvalue weighted by atomic mass is 32.2. The van der Waals surface area contributed by atoms with Crippen LogP contribution in [-0.2, 0) is 32.6 Å². The summed E-state index contributed by atoms with van der Waals surface area (Å²) in [5.41, 5.74) is 1.90. The minimum Gasteiger partial charge on any atom is -0.497 e. The number of ether oxygens (including phenoxy) is 1.